The van der Waals surface area contributed by atoms with Gasteiger partial charge in [0.2, 0.25) is 5.91 Å². The second kappa shape index (κ2) is 8.29. The van der Waals surface area contributed by atoms with Crippen LogP contribution in [-0.2, 0) is 14.3 Å². The molecule has 0 saturated carbocycles. The lowest BCUT2D eigenvalue weighted by atomic mass is 9.80. The number of aliphatic carboxylic acids is 1. The maximum absolute atomic E-state index is 12.3. The highest BCUT2D eigenvalue weighted by atomic mass is 16.5. The molecule has 0 aromatic heterocycles. The molecule has 1 amide bonds. The van der Waals surface area contributed by atoms with E-state index >= 15 is 0 Å². The third-order valence-electron chi connectivity index (χ3n) is 5.00. The molecule has 1 fully saturated rings. The van der Waals surface area contributed by atoms with Gasteiger partial charge in [-0.15, -0.1) is 0 Å². The van der Waals surface area contributed by atoms with E-state index in [-0.39, 0.29) is 18.4 Å². The van der Waals surface area contributed by atoms with Crippen molar-refractivity contribution >= 4 is 11.9 Å². The number of aryl methyl sites for hydroxylation is 1. The third-order valence-corrected chi connectivity index (χ3v) is 5.00. The summed E-state index contributed by atoms with van der Waals surface area (Å²) < 4.78 is 5.26. The molecule has 2 rings (SSSR count). The van der Waals surface area contributed by atoms with Crippen LogP contribution < -0.4 is 5.32 Å². The van der Waals surface area contributed by atoms with Crippen molar-refractivity contribution in [1.29, 1.82) is 0 Å². The first-order chi connectivity index (χ1) is 11.5. The lowest BCUT2D eigenvalue weighted by molar-refractivity contribution is -0.154. The van der Waals surface area contributed by atoms with Crippen LogP contribution in [0.15, 0.2) is 24.3 Å². The minimum absolute atomic E-state index is 0.0884. The van der Waals surface area contributed by atoms with Gasteiger partial charge in [0, 0.05) is 26.2 Å². The minimum Gasteiger partial charge on any atom is -0.481 e. The molecule has 5 nitrogen and oxygen atoms in total. The molecule has 5 heteroatoms. The Labute approximate surface area is 143 Å². The molecule has 2 N–H and O–H groups in total. The summed E-state index contributed by atoms with van der Waals surface area (Å²) in [6, 6.07) is 8.23. The van der Waals surface area contributed by atoms with Crippen LogP contribution in [0.25, 0.3) is 0 Å². The molecule has 1 unspecified atom stereocenters. The van der Waals surface area contributed by atoms with Gasteiger partial charge in [-0.3, -0.25) is 9.59 Å². The second-order valence-corrected chi connectivity index (χ2v) is 6.69. The number of benzene rings is 1. The van der Waals surface area contributed by atoms with Gasteiger partial charge in [0.15, 0.2) is 0 Å². The van der Waals surface area contributed by atoms with Crippen molar-refractivity contribution in [3.63, 3.8) is 0 Å². The molecule has 0 bridgehead atoms. The van der Waals surface area contributed by atoms with Crippen molar-refractivity contribution in [2.45, 2.75) is 45.4 Å². The number of carbonyl (C=O) groups is 2. The number of carboxylic acids is 1. The molecular weight excluding hydrogens is 306 g/mol. The minimum atomic E-state index is -0.889. The first kappa shape index (κ1) is 18.5. The van der Waals surface area contributed by atoms with Crippen LogP contribution in [0.1, 0.15) is 49.7 Å². The monoisotopic (exact) mass is 333 g/mol. The Hall–Kier alpha value is -1.88. The summed E-state index contributed by atoms with van der Waals surface area (Å²) in [4.78, 5) is 23.9. The van der Waals surface area contributed by atoms with E-state index < -0.39 is 11.4 Å². The fraction of sp³-hybridized carbons (Fsp3) is 0.579. The number of carbonyl (C=O) groups excluding carboxylic acids is 1. The molecule has 0 radical (unpaired) electrons. The van der Waals surface area contributed by atoms with Gasteiger partial charge in [0.05, 0.1) is 5.41 Å². The van der Waals surface area contributed by atoms with E-state index in [4.69, 9.17) is 4.74 Å². The Morgan fingerprint density at radius 3 is 2.42 bits per heavy atom. The summed E-state index contributed by atoms with van der Waals surface area (Å²) in [5, 5.41) is 12.4. The van der Waals surface area contributed by atoms with Crippen LogP contribution in [0.3, 0.4) is 0 Å². The molecule has 24 heavy (non-hydrogen) atoms. The van der Waals surface area contributed by atoms with Gasteiger partial charge >= 0.3 is 5.97 Å². The Balaban J connectivity index is 1.93. The number of hydrogen-bond donors (Lipinski definition) is 2. The molecule has 1 aromatic rings. The van der Waals surface area contributed by atoms with Crippen LogP contribution in [0.4, 0.5) is 0 Å². The quantitative estimate of drug-likeness (QED) is 0.804. The molecular formula is C19H27NO4. The zero-order chi connectivity index (χ0) is 17.6. The number of rotatable bonds is 7. The average Bonchev–Trinajstić information content (AvgIpc) is 2.59. The van der Waals surface area contributed by atoms with E-state index in [9.17, 15) is 14.7 Å². The predicted octanol–water partition coefficient (Wildman–Crippen LogP) is 2.88. The van der Waals surface area contributed by atoms with Crippen molar-refractivity contribution in [2.24, 2.45) is 5.41 Å². The van der Waals surface area contributed by atoms with Gasteiger partial charge < -0.3 is 15.2 Å². The van der Waals surface area contributed by atoms with Crippen molar-refractivity contribution in [2.75, 3.05) is 19.8 Å². The summed E-state index contributed by atoms with van der Waals surface area (Å²) in [6.07, 6.45) is 2.13. The highest BCUT2D eigenvalue weighted by Crippen LogP contribution is 2.30. The summed E-state index contributed by atoms with van der Waals surface area (Å²) in [6.45, 7) is 5.15. The predicted molar refractivity (Wildman–Crippen MR) is 92.0 cm³/mol. The largest absolute Gasteiger partial charge is 0.481 e. The molecule has 0 aliphatic carbocycles. The van der Waals surface area contributed by atoms with Gasteiger partial charge in [0.1, 0.15) is 0 Å². The van der Waals surface area contributed by atoms with Crippen molar-refractivity contribution in [3.8, 4) is 0 Å². The lowest BCUT2D eigenvalue weighted by Crippen LogP contribution is -2.46. The van der Waals surface area contributed by atoms with Gasteiger partial charge in [-0.1, -0.05) is 36.8 Å². The SMILES string of the molecule is CCC(CC(=O)NCC1(C(=O)O)CCOCC1)c1ccc(C)cc1. The molecule has 132 valence electrons. The Morgan fingerprint density at radius 1 is 1.25 bits per heavy atom. The van der Waals surface area contributed by atoms with Crippen molar-refractivity contribution in [1.82, 2.24) is 5.32 Å². The van der Waals surface area contributed by atoms with Crippen molar-refractivity contribution < 1.29 is 19.4 Å². The highest BCUT2D eigenvalue weighted by Gasteiger charge is 2.40. The van der Waals surface area contributed by atoms with Crippen LogP contribution in [0.5, 0.6) is 0 Å². The summed E-state index contributed by atoms with van der Waals surface area (Å²) in [7, 11) is 0. The van der Waals surface area contributed by atoms with E-state index in [1.165, 1.54) is 5.56 Å². The van der Waals surface area contributed by atoms with Crippen LogP contribution >= 0.6 is 0 Å². The molecule has 1 heterocycles. The third kappa shape index (κ3) is 4.57. The maximum Gasteiger partial charge on any atom is 0.311 e. The Bertz CT molecular complexity index is 561. The molecule has 0 spiro atoms. The topological polar surface area (TPSA) is 75.6 Å². The van der Waals surface area contributed by atoms with Gasteiger partial charge in [-0.05, 0) is 37.7 Å². The van der Waals surface area contributed by atoms with Crippen LogP contribution in [0, 0.1) is 12.3 Å². The normalized spacial score (nSPS) is 17.9. The number of hydrogen-bond acceptors (Lipinski definition) is 3. The number of amides is 1. The van der Waals surface area contributed by atoms with Gasteiger partial charge in [-0.25, -0.2) is 0 Å². The first-order valence-electron chi connectivity index (χ1n) is 8.61. The number of carboxylic acid groups (broad SMARTS) is 1. The van der Waals surface area contributed by atoms with Gasteiger partial charge in [-0.2, -0.15) is 0 Å². The highest BCUT2D eigenvalue weighted by molar-refractivity contribution is 5.79. The van der Waals surface area contributed by atoms with Gasteiger partial charge in [0.25, 0.3) is 0 Å². The molecule has 1 aliphatic heterocycles. The molecule has 1 atom stereocenters. The molecule has 1 saturated heterocycles. The fourth-order valence-electron chi connectivity index (χ4n) is 3.13. The van der Waals surface area contributed by atoms with E-state index in [1.807, 2.05) is 6.92 Å². The standard InChI is InChI=1S/C19H27NO4/c1-3-15(16-6-4-14(2)5-7-16)12-17(21)20-13-19(18(22)23)8-10-24-11-9-19/h4-7,15H,3,8-13H2,1-2H3,(H,20,21)(H,22,23). The zero-order valence-corrected chi connectivity index (χ0v) is 14.5. The summed E-state index contributed by atoms with van der Waals surface area (Å²) in [5.41, 5.74) is 1.46. The first-order valence-corrected chi connectivity index (χ1v) is 8.61. The smallest absolute Gasteiger partial charge is 0.311 e. The number of nitrogens with one attached hydrogen (secondary N) is 1. The van der Waals surface area contributed by atoms with E-state index in [0.29, 0.717) is 32.5 Å². The van der Waals surface area contributed by atoms with E-state index in [1.54, 1.807) is 0 Å². The molecule has 1 aromatic carbocycles. The average molecular weight is 333 g/mol. The lowest BCUT2D eigenvalue weighted by Gasteiger charge is -2.33. The van der Waals surface area contributed by atoms with E-state index in [2.05, 4.69) is 36.5 Å². The maximum atomic E-state index is 12.3. The summed E-state index contributed by atoms with van der Waals surface area (Å²) >= 11 is 0. The fourth-order valence-corrected chi connectivity index (χ4v) is 3.13. The Kier molecular flexibility index (Phi) is 6.37. The Morgan fingerprint density at radius 2 is 1.88 bits per heavy atom. The second-order valence-electron chi connectivity index (χ2n) is 6.69. The van der Waals surface area contributed by atoms with Crippen molar-refractivity contribution in [3.05, 3.63) is 35.4 Å². The van der Waals surface area contributed by atoms with Crippen LogP contribution in [-0.4, -0.2) is 36.7 Å². The zero-order valence-electron chi connectivity index (χ0n) is 14.5. The summed E-state index contributed by atoms with van der Waals surface area (Å²) in [5.74, 6) is -0.785. The molecule has 1 aliphatic rings. The van der Waals surface area contributed by atoms with Crippen LogP contribution in [0.2, 0.25) is 0 Å². The number of ether oxygens (including phenoxy) is 1. The van der Waals surface area contributed by atoms with E-state index in [0.717, 1.165) is 12.0 Å².